The highest BCUT2D eigenvalue weighted by Crippen LogP contribution is 2.32. The summed E-state index contributed by atoms with van der Waals surface area (Å²) in [5.74, 6) is 0.762. The van der Waals surface area contributed by atoms with E-state index < -0.39 is 0 Å². The SMILES string of the molecule is CC(C)c1cccc(C(C)C)c1NC(=O)N1CCN(C(C)(C)C)CC1. The van der Waals surface area contributed by atoms with Crippen LogP contribution in [0, 0.1) is 0 Å². The highest BCUT2D eigenvalue weighted by molar-refractivity contribution is 5.91. The number of amides is 2. The zero-order chi connectivity index (χ0) is 18.8. The first kappa shape index (κ1) is 19.8. The average molecular weight is 346 g/mol. The van der Waals surface area contributed by atoms with Gasteiger partial charge in [-0.3, -0.25) is 4.90 Å². The summed E-state index contributed by atoms with van der Waals surface area (Å²) < 4.78 is 0. The van der Waals surface area contributed by atoms with E-state index in [0.29, 0.717) is 11.8 Å². The predicted octanol–water partition coefficient (Wildman–Crippen LogP) is 4.88. The zero-order valence-corrected chi connectivity index (χ0v) is 17.0. The average Bonchev–Trinajstić information content (AvgIpc) is 2.53. The number of anilines is 1. The summed E-state index contributed by atoms with van der Waals surface area (Å²) in [6, 6.07) is 6.39. The van der Waals surface area contributed by atoms with Gasteiger partial charge in [-0.15, -0.1) is 0 Å². The van der Waals surface area contributed by atoms with Crippen LogP contribution in [0.4, 0.5) is 10.5 Å². The van der Waals surface area contributed by atoms with Crippen molar-refractivity contribution in [3.63, 3.8) is 0 Å². The number of hydrogen-bond donors (Lipinski definition) is 1. The van der Waals surface area contributed by atoms with Gasteiger partial charge in [0.05, 0.1) is 0 Å². The number of piperazine rings is 1. The number of carbonyl (C=O) groups is 1. The molecule has 0 aliphatic carbocycles. The van der Waals surface area contributed by atoms with Crippen LogP contribution >= 0.6 is 0 Å². The van der Waals surface area contributed by atoms with Crippen molar-refractivity contribution in [3.8, 4) is 0 Å². The van der Waals surface area contributed by atoms with Crippen LogP contribution in [0.2, 0.25) is 0 Å². The van der Waals surface area contributed by atoms with E-state index in [1.807, 2.05) is 4.90 Å². The van der Waals surface area contributed by atoms with Crippen LogP contribution in [-0.2, 0) is 0 Å². The van der Waals surface area contributed by atoms with Crippen molar-refractivity contribution in [1.82, 2.24) is 9.80 Å². The van der Waals surface area contributed by atoms with Gasteiger partial charge in [0.1, 0.15) is 0 Å². The van der Waals surface area contributed by atoms with Crippen molar-refractivity contribution in [2.45, 2.75) is 65.8 Å². The van der Waals surface area contributed by atoms with Crippen LogP contribution in [0.3, 0.4) is 0 Å². The van der Waals surface area contributed by atoms with Crippen molar-refractivity contribution >= 4 is 11.7 Å². The number of para-hydroxylation sites is 1. The first-order chi connectivity index (χ1) is 11.6. The number of rotatable bonds is 3. The molecule has 1 heterocycles. The van der Waals surface area contributed by atoms with Crippen molar-refractivity contribution in [1.29, 1.82) is 0 Å². The summed E-state index contributed by atoms with van der Waals surface area (Å²) in [6.07, 6.45) is 0. The second kappa shape index (κ2) is 7.77. The molecule has 1 aliphatic rings. The van der Waals surface area contributed by atoms with Crippen LogP contribution < -0.4 is 5.32 Å². The lowest BCUT2D eigenvalue weighted by Gasteiger charge is -2.42. The lowest BCUT2D eigenvalue weighted by atomic mass is 9.93. The number of benzene rings is 1. The van der Waals surface area contributed by atoms with E-state index in [2.05, 4.69) is 76.9 Å². The topological polar surface area (TPSA) is 35.6 Å². The van der Waals surface area contributed by atoms with Gasteiger partial charge in [0, 0.05) is 37.4 Å². The van der Waals surface area contributed by atoms with E-state index in [0.717, 1.165) is 31.9 Å². The van der Waals surface area contributed by atoms with E-state index in [4.69, 9.17) is 0 Å². The van der Waals surface area contributed by atoms with Crippen molar-refractivity contribution < 1.29 is 4.79 Å². The Balaban J connectivity index is 2.14. The third kappa shape index (κ3) is 4.75. The second-order valence-electron chi connectivity index (χ2n) is 8.70. The lowest BCUT2D eigenvalue weighted by Crippen LogP contribution is -2.55. The lowest BCUT2D eigenvalue weighted by molar-refractivity contribution is 0.0774. The Morgan fingerprint density at radius 2 is 1.44 bits per heavy atom. The maximum absolute atomic E-state index is 12.9. The third-order valence-electron chi connectivity index (χ3n) is 5.12. The zero-order valence-electron chi connectivity index (χ0n) is 17.0. The minimum atomic E-state index is 0.0311. The fourth-order valence-electron chi connectivity index (χ4n) is 3.46. The quantitative estimate of drug-likeness (QED) is 0.847. The van der Waals surface area contributed by atoms with Crippen LogP contribution in [-0.4, -0.2) is 47.5 Å². The van der Waals surface area contributed by atoms with Gasteiger partial charge in [0.15, 0.2) is 0 Å². The minimum Gasteiger partial charge on any atom is -0.322 e. The minimum absolute atomic E-state index is 0.0311. The Morgan fingerprint density at radius 3 is 1.84 bits per heavy atom. The van der Waals surface area contributed by atoms with Gasteiger partial charge in [0.2, 0.25) is 0 Å². The molecule has 1 saturated heterocycles. The molecule has 0 unspecified atom stereocenters. The Hall–Kier alpha value is -1.55. The van der Waals surface area contributed by atoms with Gasteiger partial charge in [-0.1, -0.05) is 45.9 Å². The smallest absolute Gasteiger partial charge is 0.321 e. The number of carbonyl (C=O) groups excluding carboxylic acids is 1. The Bertz CT molecular complexity index is 567. The standard InChI is InChI=1S/C21H35N3O/c1-15(2)17-9-8-10-18(16(3)4)19(17)22-20(25)23-11-13-24(14-12-23)21(5,6)7/h8-10,15-16H,11-14H2,1-7H3,(H,22,25). The largest absolute Gasteiger partial charge is 0.322 e. The molecule has 1 N–H and O–H groups in total. The summed E-state index contributed by atoms with van der Waals surface area (Å²) in [5, 5.41) is 3.23. The van der Waals surface area contributed by atoms with Gasteiger partial charge < -0.3 is 10.2 Å². The Labute approximate surface area is 153 Å². The van der Waals surface area contributed by atoms with E-state index >= 15 is 0 Å². The summed E-state index contributed by atoms with van der Waals surface area (Å²) in [6.45, 7) is 18.8. The molecular weight excluding hydrogens is 310 g/mol. The van der Waals surface area contributed by atoms with Crippen LogP contribution in [0.1, 0.15) is 71.4 Å². The highest BCUT2D eigenvalue weighted by Gasteiger charge is 2.28. The fraction of sp³-hybridized carbons (Fsp3) is 0.667. The van der Waals surface area contributed by atoms with Crippen molar-refractivity contribution in [2.75, 3.05) is 31.5 Å². The van der Waals surface area contributed by atoms with E-state index in [1.54, 1.807) is 0 Å². The molecule has 1 fully saturated rings. The van der Waals surface area contributed by atoms with E-state index in [-0.39, 0.29) is 11.6 Å². The molecule has 0 radical (unpaired) electrons. The molecule has 1 aromatic carbocycles. The van der Waals surface area contributed by atoms with E-state index in [9.17, 15) is 4.79 Å². The van der Waals surface area contributed by atoms with Crippen molar-refractivity contribution in [2.24, 2.45) is 0 Å². The summed E-state index contributed by atoms with van der Waals surface area (Å²) in [7, 11) is 0. The first-order valence-corrected chi connectivity index (χ1v) is 9.55. The summed E-state index contributed by atoms with van der Waals surface area (Å²) >= 11 is 0. The molecule has 1 aliphatic heterocycles. The molecule has 4 heteroatoms. The van der Waals surface area contributed by atoms with Crippen LogP contribution in [0.5, 0.6) is 0 Å². The fourth-order valence-corrected chi connectivity index (χ4v) is 3.46. The summed E-state index contributed by atoms with van der Waals surface area (Å²) in [5.41, 5.74) is 3.61. The molecule has 25 heavy (non-hydrogen) atoms. The monoisotopic (exact) mass is 345 g/mol. The molecule has 4 nitrogen and oxygen atoms in total. The molecule has 0 bridgehead atoms. The molecule has 0 atom stereocenters. The van der Waals surface area contributed by atoms with Gasteiger partial charge in [-0.2, -0.15) is 0 Å². The van der Waals surface area contributed by atoms with Crippen LogP contribution in [0.15, 0.2) is 18.2 Å². The highest BCUT2D eigenvalue weighted by atomic mass is 16.2. The van der Waals surface area contributed by atoms with Gasteiger partial charge in [0.25, 0.3) is 0 Å². The molecule has 2 amide bonds. The molecule has 0 spiro atoms. The number of nitrogens with one attached hydrogen (secondary N) is 1. The molecule has 2 rings (SSSR count). The van der Waals surface area contributed by atoms with Crippen LogP contribution in [0.25, 0.3) is 0 Å². The first-order valence-electron chi connectivity index (χ1n) is 9.55. The third-order valence-corrected chi connectivity index (χ3v) is 5.12. The number of hydrogen-bond acceptors (Lipinski definition) is 2. The summed E-state index contributed by atoms with van der Waals surface area (Å²) in [4.78, 5) is 17.3. The molecule has 140 valence electrons. The predicted molar refractivity (Wildman–Crippen MR) is 107 cm³/mol. The molecule has 0 aromatic heterocycles. The van der Waals surface area contributed by atoms with E-state index in [1.165, 1.54) is 11.1 Å². The maximum atomic E-state index is 12.9. The normalized spacial score (nSPS) is 16.6. The van der Waals surface area contributed by atoms with Gasteiger partial charge in [-0.05, 0) is 43.7 Å². The molecule has 0 saturated carbocycles. The molecular formula is C21H35N3O. The number of urea groups is 1. The Morgan fingerprint density at radius 1 is 0.960 bits per heavy atom. The maximum Gasteiger partial charge on any atom is 0.321 e. The number of nitrogens with zero attached hydrogens (tertiary/aromatic N) is 2. The van der Waals surface area contributed by atoms with Crippen molar-refractivity contribution in [3.05, 3.63) is 29.3 Å². The van der Waals surface area contributed by atoms with Gasteiger partial charge >= 0.3 is 6.03 Å². The Kier molecular flexibility index (Phi) is 6.15. The second-order valence-corrected chi connectivity index (χ2v) is 8.70. The van der Waals surface area contributed by atoms with Gasteiger partial charge in [-0.25, -0.2) is 4.79 Å². The molecule has 1 aromatic rings.